The minimum absolute atomic E-state index is 0.120. The van der Waals surface area contributed by atoms with Crippen LogP contribution in [0.15, 0.2) is 188 Å². The molecule has 69 heavy (non-hydrogen) atoms. The molecule has 10 rings (SSSR count). The molecule has 12 nitrogen and oxygen atoms in total. The van der Waals surface area contributed by atoms with Gasteiger partial charge in [0.25, 0.3) is 11.8 Å². The fourth-order valence-electron chi connectivity index (χ4n) is 6.87. The monoisotopic (exact) mass is 970 g/mol. The van der Waals surface area contributed by atoms with Gasteiger partial charge in [-0.15, -0.1) is 0 Å². The summed E-state index contributed by atoms with van der Waals surface area (Å²) < 4.78 is 5.93. The van der Waals surface area contributed by atoms with Crippen molar-refractivity contribution >= 4 is 97.3 Å². The zero-order valence-corrected chi connectivity index (χ0v) is 38.9. The molecule has 0 bridgehead atoms. The second-order valence-corrected chi connectivity index (χ2v) is 16.6. The number of ether oxygens (including phenoxy) is 1. The fourth-order valence-corrected chi connectivity index (χ4v) is 7.45. The van der Waals surface area contributed by atoms with Gasteiger partial charge in [0.2, 0.25) is 5.91 Å². The highest BCUT2D eigenvalue weighted by Gasteiger charge is 2.13. The van der Waals surface area contributed by atoms with E-state index >= 15 is 0 Å². The van der Waals surface area contributed by atoms with Crippen molar-refractivity contribution in [2.45, 2.75) is 6.92 Å². The zero-order valence-electron chi connectivity index (χ0n) is 36.6. The molecule has 7 N–H and O–H groups in total. The van der Waals surface area contributed by atoms with Gasteiger partial charge in [0.1, 0.15) is 23.1 Å². The molecule has 15 heteroatoms. The van der Waals surface area contributed by atoms with Gasteiger partial charge in [0.15, 0.2) is 0 Å². The molecule has 10 aromatic rings. The molecule has 0 unspecified atom stereocenters. The summed E-state index contributed by atoms with van der Waals surface area (Å²) >= 11 is 17.5. The van der Waals surface area contributed by atoms with Gasteiger partial charge in [-0.25, -0.2) is 9.97 Å². The van der Waals surface area contributed by atoms with E-state index in [-0.39, 0.29) is 17.7 Å². The van der Waals surface area contributed by atoms with Crippen molar-refractivity contribution in [3.05, 3.63) is 214 Å². The highest BCUT2D eigenvalue weighted by molar-refractivity contribution is 6.31. The van der Waals surface area contributed by atoms with E-state index in [9.17, 15) is 14.4 Å². The maximum atomic E-state index is 12.7. The molecule has 0 atom stereocenters. The van der Waals surface area contributed by atoms with Crippen LogP contribution in [-0.2, 0) is 4.79 Å². The number of nitrogens with zero attached hydrogens (tertiary/aromatic N) is 2. The lowest BCUT2D eigenvalue weighted by Crippen LogP contribution is -2.11. The highest BCUT2D eigenvalue weighted by Crippen LogP contribution is 2.29. The molecular weight excluding hydrogens is 931 g/mol. The molecule has 2 aromatic heterocycles. The third-order valence-corrected chi connectivity index (χ3v) is 10.8. The van der Waals surface area contributed by atoms with Gasteiger partial charge in [0.05, 0.1) is 22.1 Å². The number of carbonyl (C=O) groups is 3. The second kappa shape index (κ2) is 21.9. The van der Waals surface area contributed by atoms with Gasteiger partial charge in [-0.05, 0) is 140 Å². The summed E-state index contributed by atoms with van der Waals surface area (Å²) in [5.74, 6) is 2.30. The quantitative estimate of drug-likeness (QED) is 0.0779. The Bertz CT molecular complexity index is 3420. The molecule has 8 aromatic carbocycles. The van der Waals surface area contributed by atoms with Gasteiger partial charge < -0.3 is 36.4 Å². The van der Waals surface area contributed by atoms with Crippen LogP contribution in [0.4, 0.5) is 22.7 Å². The summed E-state index contributed by atoms with van der Waals surface area (Å²) in [6.07, 6.45) is 0. The lowest BCUT2D eigenvalue weighted by Gasteiger charge is -2.06. The molecule has 0 aliphatic heterocycles. The number of fused-ring (bicyclic) bond motifs is 2. The highest BCUT2D eigenvalue weighted by atomic mass is 35.5. The third kappa shape index (κ3) is 12.9. The number of carbonyl (C=O) groups excluding carboxylic acids is 3. The number of H-pyrrole nitrogens is 2. The van der Waals surface area contributed by atoms with Gasteiger partial charge in [-0.2, -0.15) is 0 Å². The van der Waals surface area contributed by atoms with Crippen LogP contribution in [0.2, 0.25) is 15.1 Å². The average molecular weight is 972 g/mol. The number of nitrogens with one attached hydrogen (secondary N) is 5. The standard InChI is InChI=1S/C26H18ClN3O2.C22H17ClN4O2.C6H6ClN/c27-19-7-5-8-20(16-19)28-26(31)18-12-13-23-24(15-18)30-25(29-23)17-6-4-11-22(14-17)32-21-9-2-1-3-10-21;1-13(28)24-17-8-5-14(6-9-17)21-26-19-10-7-15(11-20(19)27-21)22(29)25-18-4-2-3-16(23)12-18;7-5-2-1-3-6(8)4-5/h1-16H,(H,28,31)(H,29,30);2-12H,1H3,(H,24,28)(H,25,29)(H,26,27);1-4H,8H2. The predicted octanol–water partition coefficient (Wildman–Crippen LogP) is 13.9. The van der Waals surface area contributed by atoms with Crippen molar-refractivity contribution in [1.82, 2.24) is 19.9 Å². The van der Waals surface area contributed by atoms with Gasteiger partial charge in [-0.1, -0.05) is 83.3 Å². The van der Waals surface area contributed by atoms with E-state index in [1.807, 2.05) is 91.0 Å². The number of nitrogens with two attached hydrogens (primary N) is 1. The number of halogens is 3. The first-order chi connectivity index (χ1) is 33.4. The molecule has 0 aliphatic rings. The first-order valence-corrected chi connectivity index (χ1v) is 22.4. The first-order valence-electron chi connectivity index (χ1n) is 21.3. The smallest absolute Gasteiger partial charge is 0.255 e. The molecule has 0 radical (unpaired) electrons. The maximum absolute atomic E-state index is 12.7. The Balaban J connectivity index is 0.000000161. The molecule has 0 aliphatic carbocycles. The number of aromatic amines is 2. The Kier molecular flexibility index (Phi) is 15.0. The molecule has 342 valence electrons. The first kappa shape index (κ1) is 47.1. The number of aromatic nitrogens is 4. The summed E-state index contributed by atoms with van der Waals surface area (Å²) in [6, 6.07) is 56.5. The number of anilines is 4. The SMILES string of the molecule is CC(=O)Nc1ccc(-c2nc3ccc(C(=O)Nc4cccc(Cl)c4)cc3[nH]2)cc1.Nc1cccc(Cl)c1.O=C(Nc1cccc(Cl)c1)c1ccc2nc(-c3cccc(Oc4ccccc4)c3)[nH]c2c1. The fraction of sp³-hybridized carbons (Fsp3) is 0.0185. The lowest BCUT2D eigenvalue weighted by atomic mass is 10.2. The molecule has 0 fully saturated rings. The number of nitrogen functional groups attached to an aromatic ring is 1. The normalized spacial score (nSPS) is 10.6. The summed E-state index contributed by atoms with van der Waals surface area (Å²) in [5, 5.41) is 10.2. The Labute approximate surface area is 411 Å². The number of para-hydroxylation sites is 1. The third-order valence-electron chi connectivity index (χ3n) is 10.1. The minimum atomic E-state index is -0.232. The Hall–Kier alpha value is -8.42. The molecular formula is C54H41Cl3N8O4. The van der Waals surface area contributed by atoms with Crippen molar-refractivity contribution in [1.29, 1.82) is 0 Å². The van der Waals surface area contributed by atoms with Crippen LogP contribution in [-0.4, -0.2) is 37.7 Å². The van der Waals surface area contributed by atoms with Crippen molar-refractivity contribution in [3.63, 3.8) is 0 Å². The maximum Gasteiger partial charge on any atom is 0.255 e. The van der Waals surface area contributed by atoms with E-state index in [0.717, 1.165) is 50.4 Å². The van der Waals surface area contributed by atoms with E-state index in [2.05, 4.69) is 35.9 Å². The number of hydrogen-bond acceptors (Lipinski definition) is 7. The zero-order chi connectivity index (χ0) is 48.3. The van der Waals surface area contributed by atoms with Crippen LogP contribution in [0.3, 0.4) is 0 Å². The Morgan fingerprint density at radius 1 is 0.478 bits per heavy atom. The van der Waals surface area contributed by atoms with Crippen LogP contribution in [0, 0.1) is 0 Å². The van der Waals surface area contributed by atoms with Crippen molar-refractivity contribution in [2.75, 3.05) is 21.7 Å². The van der Waals surface area contributed by atoms with E-state index < -0.39 is 0 Å². The van der Waals surface area contributed by atoms with Crippen molar-refractivity contribution in [2.24, 2.45) is 0 Å². The Morgan fingerprint density at radius 3 is 1.49 bits per heavy atom. The molecule has 0 spiro atoms. The van der Waals surface area contributed by atoms with Crippen LogP contribution < -0.4 is 26.4 Å². The number of amides is 3. The number of imidazole rings is 2. The summed E-state index contributed by atoms with van der Waals surface area (Å²) in [4.78, 5) is 52.1. The van der Waals surface area contributed by atoms with Gasteiger partial charge in [0, 0.05) is 67.0 Å². The number of rotatable bonds is 9. The molecule has 0 saturated heterocycles. The summed E-state index contributed by atoms with van der Waals surface area (Å²) in [7, 11) is 0. The number of hydrogen-bond donors (Lipinski definition) is 6. The van der Waals surface area contributed by atoms with E-state index in [4.69, 9.17) is 45.3 Å². The van der Waals surface area contributed by atoms with Crippen LogP contribution in [0.25, 0.3) is 44.8 Å². The number of benzene rings is 8. The van der Waals surface area contributed by atoms with Gasteiger partial charge >= 0.3 is 0 Å². The largest absolute Gasteiger partial charge is 0.457 e. The molecule has 0 saturated carbocycles. The molecule has 2 heterocycles. The van der Waals surface area contributed by atoms with Crippen LogP contribution in [0.1, 0.15) is 27.6 Å². The van der Waals surface area contributed by atoms with Crippen molar-refractivity contribution in [3.8, 4) is 34.3 Å². The average Bonchev–Trinajstić information content (AvgIpc) is 3.97. The summed E-state index contributed by atoms with van der Waals surface area (Å²) in [5.41, 5.74) is 13.9. The lowest BCUT2D eigenvalue weighted by molar-refractivity contribution is -0.114. The van der Waals surface area contributed by atoms with E-state index in [0.29, 0.717) is 54.9 Å². The van der Waals surface area contributed by atoms with E-state index in [1.165, 1.54) is 6.92 Å². The second-order valence-electron chi connectivity index (χ2n) is 15.3. The van der Waals surface area contributed by atoms with Crippen LogP contribution >= 0.6 is 34.8 Å². The summed E-state index contributed by atoms with van der Waals surface area (Å²) in [6.45, 7) is 1.47. The predicted molar refractivity (Wildman–Crippen MR) is 279 cm³/mol. The molecule has 3 amide bonds. The van der Waals surface area contributed by atoms with Crippen LogP contribution in [0.5, 0.6) is 11.5 Å². The minimum Gasteiger partial charge on any atom is -0.457 e. The topological polar surface area (TPSA) is 180 Å². The van der Waals surface area contributed by atoms with Gasteiger partial charge in [-0.3, -0.25) is 14.4 Å². The van der Waals surface area contributed by atoms with Crippen molar-refractivity contribution < 1.29 is 19.1 Å². The van der Waals surface area contributed by atoms with E-state index in [1.54, 1.807) is 97.1 Å². The Morgan fingerprint density at radius 2 is 0.986 bits per heavy atom.